The summed E-state index contributed by atoms with van der Waals surface area (Å²) < 4.78 is 31.6. The molecule has 0 saturated heterocycles. The fraction of sp³-hybridized carbons (Fsp3) is 1.00. The summed E-state index contributed by atoms with van der Waals surface area (Å²) in [6.07, 6.45) is -2.86. The van der Waals surface area contributed by atoms with Gasteiger partial charge in [-0.05, 0) is 14.1 Å². The molecular weight excluding hydrogens is 206 g/mol. The molecule has 0 aromatic carbocycles. The number of rotatable bonds is 2. The molecule has 13 heavy (non-hydrogen) atoms. The third-order valence-electron chi connectivity index (χ3n) is 0.796. The molecule has 0 saturated carbocycles. The first-order valence-corrected chi connectivity index (χ1v) is 4.36. The van der Waals surface area contributed by atoms with Gasteiger partial charge in [0, 0.05) is 0 Å². The maximum absolute atomic E-state index is 8.74. The molecule has 1 unspecified atom stereocenters. The van der Waals surface area contributed by atoms with Crippen molar-refractivity contribution < 1.29 is 32.8 Å². The average molecular weight is 219 g/mol. The Kier molecular flexibility index (Phi) is 7.26. The second-order valence-corrected chi connectivity index (χ2v) is 3.13. The summed E-state index contributed by atoms with van der Waals surface area (Å²) in [5.74, 6) is 0. The van der Waals surface area contributed by atoms with Crippen molar-refractivity contribution in [1.29, 1.82) is 0 Å². The maximum atomic E-state index is 8.74. The van der Waals surface area contributed by atoms with E-state index in [9.17, 15) is 0 Å². The minimum atomic E-state index is -4.67. The predicted molar refractivity (Wildman–Crippen MR) is 42.1 cm³/mol. The zero-order chi connectivity index (χ0) is 11.2. The number of hydrogen-bond acceptors (Lipinski definition) is 6. The summed E-state index contributed by atoms with van der Waals surface area (Å²) in [4.78, 5) is 1.30. The molecule has 0 spiro atoms. The molecule has 5 N–H and O–H groups in total. The van der Waals surface area contributed by atoms with Crippen molar-refractivity contribution in [2.75, 3.05) is 14.1 Å². The Balaban J connectivity index is 0. The van der Waals surface area contributed by atoms with Gasteiger partial charge in [-0.15, -0.1) is 0 Å². The lowest BCUT2D eigenvalue weighted by molar-refractivity contribution is -0.167. The molecule has 8 nitrogen and oxygen atoms in total. The SMILES string of the molecule is CN(C)C(O)C(O)O.O=S(=O)(O)O. The zero-order valence-electron chi connectivity index (χ0n) is 7.06. The van der Waals surface area contributed by atoms with Crippen LogP contribution in [0.2, 0.25) is 0 Å². The molecule has 82 valence electrons. The summed E-state index contributed by atoms with van der Waals surface area (Å²) in [6, 6.07) is 0. The zero-order valence-corrected chi connectivity index (χ0v) is 7.88. The smallest absolute Gasteiger partial charge is 0.373 e. The highest BCUT2D eigenvalue weighted by molar-refractivity contribution is 7.79. The highest BCUT2D eigenvalue weighted by Crippen LogP contribution is 1.90. The van der Waals surface area contributed by atoms with Gasteiger partial charge < -0.3 is 15.3 Å². The van der Waals surface area contributed by atoms with E-state index in [0.717, 1.165) is 0 Å². The third kappa shape index (κ3) is 18.6. The van der Waals surface area contributed by atoms with E-state index in [1.54, 1.807) is 14.1 Å². The molecule has 0 radical (unpaired) electrons. The maximum Gasteiger partial charge on any atom is 0.394 e. The van der Waals surface area contributed by atoms with Crippen molar-refractivity contribution in [3.63, 3.8) is 0 Å². The molecule has 0 aliphatic rings. The number of hydrogen-bond donors (Lipinski definition) is 5. The molecule has 0 aliphatic carbocycles. The molecule has 0 rings (SSSR count). The van der Waals surface area contributed by atoms with Crippen molar-refractivity contribution in [3.05, 3.63) is 0 Å². The molecule has 0 aromatic rings. The largest absolute Gasteiger partial charge is 0.394 e. The lowest BCUT2D eigenvalue weighted by Crippen LogP contribution is -2.38. The standard InChI is InChI=1S/C4H11NO3.H2O4S/c1-5(2)3(6)4(7)8;1-5(2,3)4/h3-4,6-8H,1-2H3;(H2,1,2,3,4). The Morgan fingerprint density at radius 2 is 1.31 bits per heavy atom. The van der Waals surface area contributed by atoms with Gasteiger partial charge in [0.25, 0.3) is 0 Å². The lowest BCUT2D eigenvalue weighted by Gasteiger charge is -2.19. The summed E-state index contributed by atoms with van der Waals surface area (Å²) in [5, 5.41) is 25.1. The quantitative estimate of drug-likeness (QED) is 0.254. The van der Waals surface area contributed by atoms with Gasteiger partial charge in [-0.2, -0.15) is 8.42 Å². The van der Waals surface area contributed by atoms with Gasteiger partial charge >= 0.3 is 10.4 Å². The van der Waals surface area contributed by atoms with Crippen LogP contribution in [0.15, 0.2) is 0 Å². The Labute approximate surface area is 75.6 Å². The van der Waals surface area contributed by atoms with Crippen LogP contribution in [0, 0.1) is 0 Å². The van der Waals surface area contributed by atoms with Gasteiger partial charge in [-0.1, -0.05) is 0 Å². The summed E-state index contributed by atoms with van der Waals surface area (Å²) in [6.45, 7) is 0. The second kappa shape index (κ2) is 6.21. The van der Waals surface area contributed by atoms with Gasteiger partial charge in [0.05, 0.1) is 0 Å². The van der Waals surface area contributed by atoms with Crippen LogP contribution in [0.25, 0.3) is 0 Å². The van der Waals surface area contributed by atoms with E-state index in [1.165, 1.54) is 4.90 Å². The lowest BCUT2D eigenvalue weighted by atomic mass is 10.5. The molecule has 9 heteroatoms. The van der Waals surface area contributed by atoms with Crippen LogP contribution in [0.5, 0.6) is 0 Å². The third-order valence-corrected chi connectivity index (χ3v) is 0.796. The van der Waals surface area contributed by atoms with Crippen LogP contribution in [-0.2, 0) is 10.4 Å². The fourth-order valence-corrected chi connectivity index (χ4v) is 0.267. The van der Waals surface area contributed by atoms with Gasteiger partial charge in [0.2, 0.25) is 0 Å². The first-order valence-electron chi connectivity index (χ1n) is 2.96. The fourth-order valence-electron chi connectivity index (χ4n) is 0.267. The highest BCUT2D eigenvalue weighted by atomic mass is 32.3. The summed E-state index contributed by atoms with van der Waals surface area (Å²) >= 11 is 0. The Morgan fingerprint density at radius 3 is 1.31 bits per heavy atom. The summed E-state index contributed by atoms with van der Waals surface area (Å²) in [5.41, 5.74) is 0. The van der Waals surface area contributed by atoms with Gasteiger partial charge in [-0.3, -0.25) is 14.0 Å². The van der Waals surface area contributed by atoms with Crippen LogP contribution in [0.3, 0.4) is 0 Å². The van der Waals surface area contributed by atoms with E-state index in [2.05, 4.69) is 0 Å². The van der Waals surface area contributed by atoms with E-state index >= 15 is 0 Å². The first-order chi connectivity index (χ1) is 5.55. The van der Waals surface area contributed by atoms with Crippen LogP contribution in [0.1, 0.15) is 0 Å². The van der Waals surface area contributed by atoms with Crippen molar-refractivity contribution in [2.24, 2.45) is 0 Å². The average Bonchev–Trinajstić information content (AvgIpc) is 1.81. The van der Waals surface area contributed by atoms with Gasteiger partial charge in [0.15, 0.2) is 12.5 Å². The van der Waals surface area contributed by atoms with E-state index < -0.39 is 22.9 Å². The van der Waals surface area contributed by atoms with E-state index in [1.807, 2.05) is 0 Å². The minimum Gasteiger partial charge on any atom is -0.373 e. The number of aliphatic hydroxyl groups is 3. The van der Waals surface area contributed by atoms with E-state index in [0.29, 0.717) is 0 Å². The Bertz CT molecular complexity index is 195. The molecule has 0 aromatic heterocycles. The predicted octanol–water partition coefficient (Wildman–Crippen LogP) is -2.48. The first kappa shape index (κ1) is 15.2. The van der Waals surface area contributed by atoms with Crippen molar-refractivity contribution >= 4 is 10.4 Å². The number of nitrogens with zero attached hydrogens (tertiary/aromatic N) is 1. The highest BCUT2D eigenvalue weighted by Gasteiger charge is 2.13. The molecular formula is C4H13NO7S. The van der Waals surface area contributed by atoms with Crippen molar-refractivity contribution in [1.82, 2.24) is 4.90 Å². The van der Waals surface area contributed by atoms with Crippen LogP contribution in [-0.4, -0.2) is 64.4 Å². The van der Waals surface area contributed by atoms with Crippen LogP contribution in [0.4, 0.5) is 0 Å². The topological polar surface area (TPSA) is 139 Å². The van der Waals surface area contributed by atoms with Gasteiger partial charge in [0.1, 0.15) is 0 Å². The van der Waals surface area contributed by atoms with Gasteiger partial charge in [-0.25, -0.2) is 0 Å². The van der Waals surface area contributed by atoms with Crippen molar-refractivity contribution in [2.45, 2.75) is 12.5 Å². The molecule has 0 fully saturated rings. The van der Waals surface area contributed by atoms with E-state index in [4.69, 9.17) is 32.8 Å². The van der Waals surface area contributed by atoms with Crippen LogP contribution >= 0.6 is 0 Å². The molecule has 0 aliphatic heterocycles. The minimum absolute atomic E-state index is 1.19. The monoisotopic (exact) mass is 219 g/mol. The molecule has 0 heterocycles. The summed E-state index contributed by atoms with van der Waals surface area (Å²) in [7, 11) is -1.58. The van der Waals surface area contributed by atoms with E-state index in [-0.39, 0.29) is 0 Å². The Hall–Kier alpha value is -0.290. The van der Waals surface area contributed by atoms with Crippen LogP contribution < -0.4 is 0 Å². The Morgan fingerprint density at radius 1 is 1.08 bits per heavy atom. The normalized spacial score (nSPS) is 13.9. The number of aliphatic hydroxyl groups excluding tert-OH is 2. The molecule has 0 bridgehead atoms. The molecule has 0 amide bonds. The second-order valence-electron chi connectivity index (χ2n) is 2.24. The number of likely N-dealkylation sites (N-methyl/N-ethyl adjacent to an activating group) is 1. The van der Waals surface area contributed by atoms with Crippen molar-refractivity contribution in [3.8, 4) is 0 Å². The molecule has 1 atom stereocenters.